The topological polar surface area (TPSA) is 95.9 Å². The molecule has 60 heavy (non-hydrogen) atoms. The molecular formula is C54H89NO5. The fraction of sp³-hybridized carbons (Fsp3) is 0.630. The molecule has 0 aliphatic heterocycles. The lowest BCUT2D eigenvalue weighted by Crippen LogP contribution is -2.46. The first-order valence-corrected chi connectivity index (χ1v) is 24.2. The molecule has 0 fully saturated rings. The van der Waals surface area contributed by atoms with Crippen LogP contribution in [0.1, 0.15) is 194 Å². The van der Waals surface area contributed by atoms with Crippen LogP contribution in [0.5, 0.6) is 0 Å². The van der Waals surface area contributed by atoms with Gasteiger partial charge in [-0.15, -0.1) is 0 Å². The molecule has 0 aliphatic rings. The highest BCUT2D eigenvalue weighted by atomic mass is 16.5. The van der Waals surface area contributed by atoms with Crippen LogP contribution in [0.15, 0.2) is 109 Å². The molecule has 0 aromatic rings. The molecule has 0 saturated heterocycles. The minimum absolute atomic E-state index is 0.0139. The summed E-state index contributed by atoms with van der Waals surface area (Å²) in [7, 11) is 0. The Morgan fingerprint density at radius 3 is 1.47 bits per heavy atom. The fourth-order valence-electron chi connectivity index (χ4n) is 6.65. The molecule has 0 rings (SSSR count). The number of unbranched alkanes of at least 4 members (excludes halogenated alkanes) is 18. The van der Waals surface area contributed by atoms with E-state index in [1.807, 2.05) is 66.8 Å². The van der Waals surface area contributed by atoms with E-state index in [0.29, 0.717) is 19.3 Å². The first-order chi connectivity index (χ1) is 29.5. The predicted octanol–water partition coefficient (Wildman–Crippen LogP) is 14.3. The Hall–Kier alpha value is -3.48. The van der Waals surface area contributed by atoms with Crippen LogP contribution in [-0.4, -0.2) is 46.9 Å². The van der Waals surface area contributed by atoms with Crippen molar-refractivity contribution < 1.29 is 24.5 Å². The zero-order valence-electron chi connectivity index (χ0n) is 38.5. The van der Waals surface area contributed by atoms with Crippen molar-refractivity contribution in [1.29, 1.82) is 0 Å². The Morgan fingerprint density at radius 2 is 0.950 bits per heavy atom. The summed E-state index contributed by atoms with van der Waals surface area (Å²) in [5.74, 6) is -0.583. The van der Waals surface area contributed by atoms with Gasteiger partial charge in [0, 0.05) is 6.42 Å². The van der Waals surface area contributed by atoms with Gasteiger partial charge in [-0.05, 0) is 57.8 Å². The molecule has 0 radical (unpaired) electrons. The number of aliphatic hydroxyl groups excluding tert-OH is 2. The van der Waals surface area contributed by atoms with E-state index < -0.39 is 18.2 Å². The van der Waals surface area contributed by atoms with Crippen LogP contribution in [0.3, 0.4) is 0 Å². The lowest BCUT2D eigenvalue weighted by Gasteiger charge is -2.24. The van der Waals surface area contributed by atoms with Gasteiger partial charge in [0.1, 0.15) is 6.10 Å². The smallest absolute Gasteiger partial charge is 0.306 e. The van der Waals surface area contributed by atoms with Crippen molar-refractivity contribution in [2.45, 2.75) is 212 Å². The number of nitrogens with one attached hydrogen (secondary N) is 1. The Kier molecular flexibility index (Phi) is 43.9. The largest absolute Gasteiger partial charge is 0.462 e. The molecule has 0 aliphatic carbocycles. The van der Waals surface area contributed by atoms with Gasteiger partial charge in [0.25, 0.3) is 0 Å². The summed E-state index contributed by atoms with van der Waals surface area (Å²) in [6.45, 7) is 6.20. The zero-order valence-corrected chi connectivity index (χ0v) is 38.5. The quantitative estimate of drug-likeness (QED) is 0.0324. The summed E-state index contributed by atoms with van der Waals surface area (Å²) >= 11 is 0. The Balaban J connectivity index is 4.70. The predicted molar refractivity (Wildman–Crippen MR) is 259 cm³/mol. The van der Waals surface area contributed by atoms with Gasteiger partial charge in [-0.1, -0.05) is 233 Å². The first-order valence-electron chi connectivity index (χ1n) is 24.2. The molecule has 0 spiro atoms. The van der Waals surface area contributed by atoms with Crippen LogP contribution >= 0.6 is 0 Å². The van der Waals surface area contributed by atoms with Crippen LogP contribution in [0.25, 0.3) is 0 Å². The van der Waals surface area contributed by atoms with Crippen LogP contribution in [0.4, 0.5) is 0 Å². The van der Waals surface area contributed by atoms with Gasteiger partial charge in [-0.3, -0.25) is 9.59 Å². The molecule has 6 heteroatoms. The molecule has 3 N–H and O–H groups in total. The highest BCUT2D eigenvalue weighted by Crippen LogP contribution is 2.16. The highest BCUT2D eigenvalue weighted by Gasteiger charge is 2.24. The van der Waals surface area contributed by atoms with Crippen molar-refractivity contribution in [1.82, 2.24) is 5.32 Å². The van der Waals surface area contributed by atoms with Gasteiger partial charge in [0.2, 0.25) is 5.91 Å². The Labute approximate surface area is 368 Å². The molecular weight excluding hydrogens is 743 g/mol. The van der Waals surface area contributed by atoms with Crippen LogP contribution in [0.2, 0.25) is 0 Å². The second-order valence-corrected chi connectivity index (χ2v) is 16.0. The van der Waals surface area contributed by atoms with Gasteiger partial charge in [-0.2, -0.15) is 0 Å². The van der Waals surface area contributed by atoms with Gasteiger partial charge >= 0.3 is 5.97 Å². The number of carbonyl (C=O) groups excluding carboxylic acids is 2. The molecule has 340 valence electrons. The van der Waals surface area contributed by atoms with E-state index in [0.717, 1.165) is 83.5 Å². The lowest BCUT2D eigenvalue weighted by molar-refractivity contribution is -0.151. The third-order valence-electron chi connectivity index (χ3n) is 10.3. The summed E-state index contributed by atoms with van der Waals surface area (Å²) in [5, 5.41) is 23.7. The lowest BCUT2D eigenvalue weighted by atomic mass is 10.0. The number of hydrogen-bond acceptors (Lipinski definition) is 5. The number of allylic oxidation sites excluding steroid dienone is 18. The summed E-state index contributed by atoms with van der Waals surface area (Å²) in [4.78, 5) is 26.0. The number of aliphatic hydroxyl groups is 2. The zero-order chi connectivity index (χ0) is 43.8. The van der Waals surface area contributed by atoms with E-state index >= 15 is 0 Å². The molecule has 0 bridgehead atoms. The van der Waals surface area contributed by atoms with E-state index in [-0.39, 0.29) is 24.9 Å². The number of carbonyl (C=O) groups is 2. The average Bonchev–Trinajstić information content (AvgIpc) is 3.24. The molecule has 3 unspecified atom stereocenters. The number of rotatable bonds is 41. The van der Waals surface area contributed by atoms with Crippen molar-refractivity contribution in [3.8, 4) is 0 Å². The van der Waals surface area contributed by atoms with Gasteiger partial charge < -0.3 is 20.3 Å². The minimum atomic E-state index is -0.815. The maximum absolute atomic E-state index is 13.1. The maximum Gasteiger partial charge on any atom is 0.306 e. The van der Waals surface area contributed by atoms with E-state index in [2.05, 4.69) is 68.6 Å². The van der Waals surface area contributed by atoms with Crippen LogP contribution in [0, 0.1) is 0 Å². The number of esters is 1. The number of hydrogen-bond donors (Lipinski definition) is 3. The summed E-state index contributed by atoms with van der Waals surface area (Å²) in [5.41, 5.74) is 0. The third-order valence-corrected chi connectivity index (χ3v) is 10.3. The normalized spacial score (nSPS) is 14.3. The van der Waals surface area contributed by atoms with E-state index in [9.17, 15) is 19.8 Å². The van der Waals surface area contributed by atoms with E-state index in [1.165, 1.54) is 64.2 Å². The van der Waals surface area contributed by atoms with Crippen LogP contribution < -0.4 is 5.32 Å². The van der Waals surface area contributed by atoms with Gasteiger partial charge in [-0.25, -0.2) is 0 Å². The Bertz CT molecular complexity index is 1250. The van der Waals surface area contributed by atoms with Crippen molar-refractivity contribution in [3.05, 3.63) is 109 Å². The molecule has 0 aromatic carbocycles. The third kappa shape index (κ3) is 41.3. The van der Waals surface area contributed by atoms with Crippen molar-refractivity contribution in [3.63, 3.8) is 0 Å². The summed E-state index contributed by atoms with van der Waals surface area (Å²) in [6, 6.07) is -0.734. The van der Waals surface area contributed by atoms with Crippen molar-refractivity contribution >= 4 is 11.9 Å². The van der Waals surface area contributed by atoms with Gasteiger partial charge in [0.15, 0.2) is 0 Å². The standard InChI is InChI=1S/C54H89NO5/c1-4-7-10-13-16-19-22-24-25-26-27-28-29-32-35-38-41-44-47-54(59)60-50(45-42-39-36-33-30-21-18-15-12-9-6-3)48-53(58)55-51(49-56)52(57)46-43-40-37-34-31-23-20-17-14-11-8-5-2/h9-10,12-13,15-16,18-19,21-22,24-28,30,33,36,50-52,56-57H,4-8,11,14,17,20,23,29,31-32,34-35,37-49H2,1-3H3,(H,55,58)/b12-9+,13-10+,18-15+,19-16+,24-22+,26-25+,28-27+,30-21-,36-33-. The minimum Gasteiger partial charge on any atom is -0.462 e. The highest BCUT2D eigenvalue weighted by molar-refractivity contribution is 5.77. The molecule has 6 nitrogen and oxygen atoms in total. The monoisotopic (exact) mass is 832 g/mol. The summed E-state index contributed by atoms with van der Waals surface area (Å²) < 4.78 is 5.87. The molecule has 1 amide bonds. The summed E-state index contributed by atoms with van der Waals surface area (Å²) in [6.07, 6.45) is 62.9. The molecule has 0 heterocycles. The molecule has 0 saturated carbocycles. The Morgan fingerprint density at radius 1 is 0.500 bits per heavy atom. The molecule has 0 aromatic heterocycles. The second kappa shape index (κ2) is 46.6. The maximum atomic E-state index is 13.1. The number of amides is 1. The van der Waals surface area contributed by atoms with E-state index in [1.54, 1.807) is 0 Å². The van der Waals surface area contributed by atoms with Crippen molar-refractivity contribution in [2.75, 3.05) is 6.61 Å². The van der Waals surface area contributed by atoms with E-state index in [4.69, 9.17) is 4.74 Å². The van der Waals surface area contributed by atoms with Crippen molar-refractivity contribution in [2.24, 2.45) is 0 Å². The first kappa shape index (κ1) is 56.5. The molecule has 3 atom stereocenters. The SMILES string of the molecule is CC/C=C/C=C/C=C\C=C/CCCC(CC(=O)NC(CO)C(O)CCCCCCCCCCCCCC)OC(=O)CCCCCCC/C=C/C=C/C=C/C=C/C=C/CCC. The number of ether oxygens (including phenoxy) is 1. The van der Waals surface area contributed by atoms with Crippen LogP contribution in [-0.2, 0) is 14.3 Å². The van der Waals surface area contributed by atoms with Gasteiger partial charge in [0.05, 0.1) is 25.2 Å². The second-order valence-electron chi connectivity index (χ2n) is 16.0. The fourth-order valence-corrected chi connectivity index (χ4v) is 6.65. The average molecular weight is 832 g/mol.